The van der Waals surface area contributed by atoms with Gasteiger partial charge in [0.1, 0.15) is 0 Å². The lowest BCUT2D eigenvalue weighted by molar-refractivity contribution is -0.137. The fourth-order valence-corrected chi connectivity index (χ4v) is 3.78. The molecule has 9 heteroatoms. The molecule has 1 aliphatic rings. The van der Waals surface area contributed by atoms with Gasteiger partial charge in [-0.25, -0.2) is 0 Å². The van der Waals surface area contributed by atoms with Crippen molar-refractivity contribution >= 4 is 11.8 Å². The fourth-order valence-electron chi connectivity index (χ4n) is 2.62. The smallest absolute Gasteiger partial charge is 0.287 e. The minimum absolute atomic E-state index is 0.0835. The van der Waals surface area contributed by atoms with E-state index < -0.39 is 11.7 Å². The Kier molecular flexibility index (Phi) is 4.58. The van der Waals surface area contributed by atoms with Crippen LogP contribution in [0.1, 0.15) is 23.0 Å². The predicted molar refractivity (Wildman–Crippen MR) is 80.7 cm³/mol. The molecule has 0 saturated carbocycles. The molecule has 1 fully saturated rings. The van der Waals surface area contributed by atoms with Crippen molar-refractivity contribution in [1.82, 2.24) is 25.1 Å². The number of aromatic nitrogens is 4. The number of thioether (sulfide) groups is 1. The summed E-state index contributed by atoms with van der Waals surface area (Å²) in [6.45, 7) is 1.26. The number of rotatable bonds is 3. The van der Waals surface area contributed by atoms with Gasteiger partial charge in [0.25, 0.3) is 0 Å². The van der Waals surface area contributed by atoms with Crippen molar-refractivity contribution in [2.45, 2.75) is 18.8 Å². The number of hydrogen-bond donors (Lipinski definition) is 0. The van der Waals surface area contributed by atoms with Crippen LogP contribution in [0, 0.1) is 0 Å². The van der Waals surface area contributed by atoms with E-state index >= 15 is 0 Å². The summed E-state index contributed by atoms with van der Waals surface area (Å²) in [6, 6.07) is 5.49. The molecule has 124 valence electrons. The molecule has 2 aromatic rings. The zero-order chi connectivity index (χ0) is 16.4. The Morgan fingerprint density at radius 3 is 2.87 bits per heavy atom. The highest BCUT2D eigenvalue weighted by molar-refractivity contribution is 7.99. The Morgan fingerprint density at radius 2 is 2.17 bits per heavy atom. The largest absolute Gasteiger partial charge is 0.416 e. The van der Waals surface area contributed by atoms with Crippen LogP contribution >= 0.6 is 11.8 Å². The maximum atomic E-state index is 12.9. The normalized spacial score (nSPS) is 19.9. The summed E-state index contributed by atoms with van der Waals surface area (Å²) in [5, 5.41) is 11.9. The van der Waals surface area contributed by atoms with Gasteiger partial charge >= 0.3 is 6.18 Å². The number of halogens is 3. The van der Waals surface area contributed by atoms with Gasteiger partial charge in [-0.2, -0.15) is 29.7 Å². The van der Waals surface area contributed by atoms with Crippen molar-refractivity contribution in [3.05, 3.63) is 41.2 Å². The quantitative estimate of drug-likeness (QED) is 0.857. The van der Waals surface area contributed by atoms with Crippen LogP contribution in [0.3, 0.4) is 0 Å². The molecule has 0 radical (unpaired) electrons. The number of benzene rings is 1. The summed E-state index contributed by atoms with van der Waals surface area (Å²) in [6.07, 6.45) is -4.32. The summed E-state index contributed by atoms with van der Waals surface area (Å²) in [5.41, 5.74) is 0.0686. The lowest BCUT2D eigenvalue weighted by atomic mass is 10.0. The molecular formula is C14H16F3N5S. The van der Waals surface area contributed by atoms with E-state index in [4.69, 9.17) is 0 Å². The minimum Gasteiger partial charge on any atom is -0.287 e. The molecule has 1 aromatic carbocycles. The molecule has 23 heavy (non-hydrogen) atoms. The van der Waals surface area contributed by atoms with Crippen LogP contribution in [0.2, 0.25) is 0 Å². The monoisotopic (exact) mass is 343 g/mol. The van der Waals surface area contributed by atoms with Gasteiger partial charge in [0.15, 0.2) is 5.82 Å². The molecule has 1 aromatic heterocycles. The molecule has 0 N–H and O–H groups in total. The molecule has 1 atom stereocenters. The molecule has 1 saturated heterocycles. The third kappa shape index (κ3) is 3.84. The predicted octanol–water partition coefficient (Wildman–Crippen LogP) is 2.52. The molecule has 3 rings (SSSR count). The van der Waals surface area contributed by atoms with Crippen molar-refractivity contribution in [1.29, 1.82) is 0 Å². The first-order valence-corrected chi connectivity index (χ1v) is 8.31. The van der Waals surface area contributed by atoms with E-state index in [0.717, 1.165) is 24.1 Å². The van der Waals surface area contributed by atoms with Crippen LogP contribution in [0.4, 0.5) is 13.2 Å². The van der Waals surface area contributed by atoms with E-state index in [1.54, 1.807) is 24.9 Å². The van der Waals surface area contributed by atoms with E-state index in [2.05, 4.69) is 20.3 Å². The summed E-state index contributed by atoms with van der Waals surface area (Å²) < 4.78 is 38.8. The Labute approximate surface area is 135 Å². The second-order valence-electron chi connectivity index (χ2n) is 5.38. The summed E-state index contributed by atoms with van der Waals surface area (Å²) >= 11 is 1.75. The van der Waals surface area contributed by atoms with E-state index in [-0.39, 0.29) is 6.04 Å². The maximum Gasteiger partial charge on any atom is 0.416 e. The summed E-state index contributed by atoms with van der Waals surface area (Å²) in [4.78, 5) is 3.50. The second kappa shape index (κ2) is 6.48. The molecule has 5 nitrogen and oxygen atoms in total. The average Bonchev–Trinajstić information content (AvgIpc) is 2.92. The van der Waals surface area contributed by atoms with Crippen molar-refractivity contribution in [2.75, 3.05) is 18.1 Å². The van der Waals surface area contributed by atoms with Gasteiger partial charge in [0, 0.05) is 24.1 Å². The number of aryl methyl sites for hydroxylation is 1. The third-order valence-electron chi connectivity index (χ3n) is 3.73. The lowest BCUT2D eigenvalue weighted by Gasteiger charge is -2.35. The fraction of sp³-hybridized carbons (Fsp3) is 0.500. The van der Waals surface area contributed by atoms with E-state index in [1.165, 1.54) is 16.9 Å². The number of nitrogens with zero attached hydrogens (tertiary/aromatic N) is 5. The van der Waals surface area contributed by atoms with Crippen molar-refractivity contribution < 1.29 is 13.2 Å². The number of hydrogen-bond acceptors (Lipinski definition) is 5. The van der Waals surface area contributed by atoms with E-state index in [1.807, 2.05) is 0 Å². The Bertz CT molecular complexity index is 672. The molecule has 0 aliphatic carbocycles. The molecule has 0 bridgehead atoms. The number of alkyl halides is 3. The summed E-state index contributed by atoms with van der Waals surface area (Å²) in [7, 11) is 1.69. The van der Waals surface area contributed by atoms with Crippen LogP contribution in [-0.4, -0.2) is 43.2 Å². The molecule has 2 heterocycles. The Hall–Kier alpha value is -1.61. The Balaban J connectivity index is 1.83. The molecule has 0 unspecified atom stereocenters. The lowest BCUT2D eigenvalue weighted by Crippen LogP contribution is -2.36. The van der Waals surface area contributed by atoms with Gasteiger partial charge < -0.3 is 0 Å². The first-order valence-electron chi connectivity index (χ1n) is 7.15. The SMILES string of the molecule is Cn1nnc(CN2CCSC[C@H]2c2cccc(C(F)(F)F)c2)n1. The standard InChI is InChI=1S/C14H16F3N5S/c1-21-19-13(18-20-21)8-22-5-6-23-9-12(22)10-3-2-4-11(7-10)14(15,16)17/h2-4,7,12H,5-6,8-9H2,1H3/t12-/m0/s1. The van der Waals surface area contributed by atoms with Crippen molar-refractivity contribution in [3.8, 4) is 0 Å². The van der Waals surface area contributed by atoms with E-state index in [9.17, 15) is 13.2 Å². The molecule has 0 spiro atoms. The van der Waals surface area contributed by atoms with Crippen molar-refractivity contribution in [3.63, 3.8) is 0 Å². The third-order valence-corrected chi connectivity index (χ3v) is 4.76. The minimum atomic E-state index is -4.32. The highest BCUT2D eigenvalue weighted by Gasteiger charge is 2.32. The van der Waals surface area contributed by atoms with Crippen LogP contribution < -0.4 is 0 Å². The van der Waals surface area contributed by atoms with E-state index in [0.29, 0.717) is 17.9 Å². The average molecular weight is 343 g/mol. The van der Waals surface area contributed by atoms with Gasteiger partial charge in [0.2, 0.25) is 0 Å². The van der Waals surface area contributed by atoms with Crippen LogP contribution in [0.15, 0.2) is 24.3 Å². The topological polar surface area (TPSA) is 46.8 Å². The van der Waals surface area contributed by atoms with Crippen LogP contribution in [0.5, 0.6) is 0 Å². The summed E-state index contributed by atoms with van der Waals surface area (Å²) in [5.74, 6) is 2.27. The first kappa shape index (κ1) is 16.3. The van der Waals surface area contributed by atoms with Gasteiger partial charge in [0.05, 0.1) is 19.2 Å². The first-order chi connectivity index (χ1) is 10.9. The molecule has 0 amide bonds. The number of tetrazole rings is 1. The second-order valence-corrected chi connectivity index (χ2v) is 6.53. The maximum absolute atomic E-state index is 12.9. The molecular weight excluding hydrogens is 327 g/mol. The molecule has 1 aliphatic heterocycles. The van der Waals surface area contributed by atoms with Gasteiger partial charge in [-0.05, 0) is 22.9 Å². The highest BCUT2D eigenvalue weighted by Crippen LogP contribution is 2.34. The zero-order valence-corrected chi connectivity index (χ0v) is 13.3. The van der Waals surface area contributed by atoms with Gasteiger partial charge in [-0.3, -0.25) is 4.90 Å². The van der Waals surface area contributed by atoms with Gasteiger partial charge in [-0.15, -0.1) is 10.2 Å². The van der Waals surface area contributed by atoms with Crippen LogP contribution in [0.25, 0.3) is 0 Å². The van der Waals surface area contributed by atoms with Gasteiger partial charge in [-0.1, -0.05) is 12.1 Å². The van der Waals surface area contributed by atoms with Crippen LogP contribution in [-0.2, 0) is 19.8 Å². The zero-order valence-electron chi connectivity index (χ0n) is 12.5. The van der Waals surface area contributed by atoms with Crippen molar-refractivity contribution in [2.24, 2.45) is 7.05 Å². The highest BCUT2D eigenvalue weighted by atomic mass is 32.2. The Morgan fingerprint density at radius 1 is 1.35 bits per heavy atom.